The Kier molecular flexibility index (Phi) is 8.61. The molecule has 0 bridgehead atoms. The van der Waals surface area contributed by atoms with Crippen LogP contribution in [0.5, 0.6) is 0 Å². The first kappa shape index (κ1) is 19.2. The monoisotopic (exact) mass is 310 g/mol. The lowest BCUT2D eigenvalue weighted by Crippen LogP contribution is -2.62. The van der Waals surface area contributed by atoms with Crippen LogP contribution in [0, 0.1) is 0 Å². The summed E-state index contributed by atoms with van der Waals surface area (Å²) in [7, 11) is 1.82. The maximum absolute atomic E-state index is 6.51. The fourth-order valence-electron chi connectivity index (χ4n) is 2.00. The van der Waals surface area contributed by atoms with Gasteiger partial charge in [0.1, 0.15) is 0 Å². The van der Waals surface area contributed by atoms with Crippen LogP contribution < -0.4 is 0 Å². The molecule has 0 saturated carbocycles. The Balaban J connectivity index is 5.34. The number of ether oxygens (including phenoxy) is 2. The first-order chi connectivity index (χ1) is 8.84. The van der Waals surface area contributed by atoms with Gasteiger partial charge in [0.15, 0.2) is 0 Å². The Hall–Kier alpha value is 0.234. The molecule has 0 rings (SSSR count). The summed E-state index contributed by atoms with van der Waals surface area (Å²) in [5.74, 6) is 0. The lowest BCUT2D eigenvalue weighted by Gasteiger charge is -2.42. The van der Waals surface area contributed by atoms with Gasteiger partial charge in [0, 0.05) is 28.4 Å². The van der Waals surface area contributed by atoms with Gasteiger partial charge in [-0.25, -0.2) is 0 Å². The van der Waals surface area contributed by atoms with E-state index in [4.69, 9.17) is 22.4 Å². The molecule has 0 aromatic carbocycles. The van der Waals surface area contributed by atoms with E-state index in [9.17, 15) is 0 Å². The molecule has 5 nitrogen and oxygen atoms in total. The molecule has 0 heterocycles. The highest BCUT2D eigenvalue weighted by atomic mass is 28.5. The first-order valence-electron chi connectivity index (χ1n) is 6.62. The molecule has 0 radical (unpaired) electrons. The number of hydrogen-bond acceptors (Lipinski definition) is 5. The number of hydrogen-bond donors (Lipinski definition) is 0. The molecule has 0 aliphatic heterocycles. The summed E-state index contributed by atoms with van der Waals surface area (Å²) in [6.45, 7) is 8.43. The van der Waals surface area contributed by atoms with E-state index in [1.807, 2.05) is 0 Å². The molecule has 0 aliphatic rings. The normalized spacial score (nSPS) is 18.6. The highest BCUT2D eigenvalue weighted by Crippen LogP contribution is 2.32. The Labute approximate surface area is 120 Å². The summed E-state index contributed by atoms with van der Waals surface area (Å²) >= 11 is 0. The van der Waals surface area contributed by atoms with E-state index < -0.39 is 17.1 Å². The van der Waals surface area contributed by atoms with Crippen molar-refractivity contribution in [1.82, 2.24) is 0 Å². The van der Waals surface area contributed by atoms with E-state index in [0.717, 1.165) is 0 Å². The average molecular weight is 311 g/mol. The van der Waals surface area contributed by atoms with E-state index >= 15 is 0 Å². The molecule has 0 saturated heterocycles. The SMILES string of the molecule is COC[Si](OC)(O[Si](COC)(OC)C(C)C)C(C)C. The predicted octanol–water partition coefficient (Wildman–Crippen LogP) is 2.37. The Morgan fingerprint density at radius 2 is 1.00 bits per heavy atom. The molecule has 0 aromatic heterocycles. The van der Waals surface area contributed by atoms with Crippen LogP contribution in [0.4, 0.5) is 0 Å². The molecule has 2 unspecified atom stereocenters. The highest BCUT2D eigenvalue weighted by Gasteiger charge is 2.52. The fraction of sp³-hybridized carbons (Fsp3) is 1.00. The molecule has 0 aromatic rings. The van der Waals surface area contributed by atoms with Gasteiger partial charge in [-0.2, -0.15) is 0 Å². The molecule has 0 N–H and O–H groups in total. The van der Waals surface area contributed by atoms with Gasteiger partial charge >= 0.3 is 17.1 Å². The lowest BCUT2D eigenvalue weighted by atomic mass is 10.6. The third-order valence-electron chi connectivity index (χ3n) is 3.49. The van der Waals surface area contributed by atoms with Gasteiger partial charge in [0.2, 0.25) is 0 Å². The zero-order valence-electron chi connectivity index (χ0n) is 13.6. The second-order valence-electron chi connectivity index (χ2n) is 5.31. The zero-order chi connectivity index (χ0) is 15.1. The van der Waals surface area contributed by atoms with Crippen LogP contribution in [0.2, 0.25) is 11.1 Å². The van der Waals surface area contributed by atoms with Gasteiger partial charge in [-0.05, 0) is 11.1 Å². The fourth-order valence-corrected chi connectivity index (χ4v) is 10.0. The number of rotatable bonds is 10. The van der Waals surface area contributed by atoms with Crippen molar-refractivity contribution in [1.29, 1.82) is 0 Å². The molecule has 0 fully saturated rings. The van der Waals surface area contributed by atoms with E-state index in [0.29, 0.717) is 12.5 Å². The van der Waals surface area contributed by atoms with Crippen molar-refractivity contribution < 1.29 is 22.4 Å². The molecule has 7 heteroatoms. The van der Waals surface area contributed by atoms with Gasteiger partial charge in [-0.3, -0.25) is 0 Å². The molecule has 0 amide bonds. The average Bonchev–Trinajstić information content (AvgIpc) is 2.36. The van der Waals surface area contributed by atoms with Crippen LogP contribution in [0.25, 0.3) is 0 Å². The minimum atomic E-state index is -2.47. The Morgan fingerprint density at radius 1 is 0.684 bits per heavy atom. The van der Waals surface area contributed by atoms with E-state index in [-0.39, 0.29) is 11.1 Å². The number of methoxy groups -OCH3 is 2. The van der Waals surface area contributed by atoms with Crippen LogP contribution in [0.1, 0.15) is 27.7 Å². The lowest BCUT2D eigenvalue weighted by molar-refractivity contribution is 0.136. The van der Waals surface area contributed by atoms with Crippen LogP contribution in [-0.2, 0) is 22.4 Å². The summed E-state index contributed by atoms with van der Waals surface area (Å²) in [6.07, 6.45) is 0.991. The third kappa shape index (κ3) is 4.62. The zero-order valence-corrected chi connectivity index (χ0v) is 15.6. The minimum absolute atomic E-state index is 0.273. The Morgan fingerprint density at radius 3 is 1.16 bits per heavy atom. The predicted molar refractivity (Wildman–Crippen MR) is 80.6 cm³/mol. The van der Waals surface area contributed by atoms with Crippen molar-refractivity contribution in [3.05, 3.63) is 0 Å². The quantitative estimate of drug-likeness (QED) is 0.580. The molecule has 2 atom stereocenters. The molecular weight excluding hydrogens is 280 g/mol. The standard InChI is InChI=1S/C12H30O5Si2/c1-11(2)18(15-7,9-13-5)17-19(16-8,10-14-6)12(3)4/h11-12H,9-10H2,1-8H3. The highest BCUT2D eigenvalue weighted by molar-refractivity contribution is 6.82. The maximum atomic E-state index is 6.51. The van der Waals surface area contributed by atoms with Crippen molar-refractivity contribution in [3.8, 4) is 0 Å². The largest absolute Gasteiger partial charge is 0.411 e. The molecule has 0 aliphatic carbocycles. The third-order valence-corrected chi connectivity index (χ3v) is 12.5. The van der Waals surface area contributed by atoms with Gasteiger partial charge in [-0.15, -0.1) is 0 Å². The van der Waals surface area contributed by atoms with Crippen molar-refractivity contribution >= 4 is 17.1 Å². The second-order valence-corrected chi connectivity index (χ2v) is 13.1. The van der Waals surface area contributed by atoms with Crippen molar-refractivity contribution in [2.75, 3.05) is 40.9 Å². The van der Waals surface area contributed by atoms with Crippen LogP contribution >= 0.6 is 0 Å². The van der Waals surface area contributed by atoms with Crippen LogP contribution in [0.15, 0.2) is 0 Å². The van der Waals surface area contributed by atoms with Gasteiger partial charge < -0.3 is 22.4 Å². The molecule has 116 valence electrons. The molecular formula is C12H30O5Si2. The van der Waals surface area contributed by atoms with Gasteiger partial charge in [0.25, 0.3) is 0 Å². The summed E-state index contributed by atoms with van der Waals surface area (Å²) in [5.41, 5.74) is 0.546. The van der Waals surface area contributed by atoms with Gasteiger partial charge in [-0.1, -0.05) is 27.7 Å². The summed E-state index contributed by atoms with van der Waals surface area (Å²) < 4.78 is 28.8. The van der Waals surface area contributed by atoms with Crippen molar-refractivity contribution in [2.45, 2.75) is 38.8 Å². The van der Waals surface area contributed by atoms with E-state index in [2.05, 4.69) is 27.7 Å². The van der Waals surface area contributed by atoms with Gasteiger partial charge in [0.05, 0.1) is 12.5 Å². The first-order valence-corrected chi connectivity index (χ1v) is 10.8. The molecule has 19 heavy (non-hydrogen) atoms. The summed E-state index contributed by atoms with van der Waals surface area (Å²) in [5, 5.41) is 0. The molecule has 0 spiro atoms. The Bertz CT molecular complexity index is 228. The minimum Gasteiger partial charge on any atom is -0.411 e. The summed E-state index contributed by atoms with van der Waals surface area (Å²) in [6, 6.07) is 0. The van der Waals surface area contributed by atoms with E-state index in [1.165, 1.54) is 0 Å². The van der Waals surface area contributed by atoms with Crippen molar-refractivity contribution in [2.24, 2.45) is 0 Å². The smallest absolute Gasteiger partial charge is 0.358 e. The van der Waals surface area contributed by atoms with Crippen molar-refractivity contribution in [3.63, 3.8) is 0 Å². The van der Waals surface area contributed by atoms with E-state index in [1.54, 1.807) is 28.4 Å². The maximum Gasteiger partial charge on any atom is 0.358 e. The van der Waals surface area contributed by atoms with Crippen LogP contribution in [-0.4, -0.2) is 58.0 Å². The topological polar surface area (TPSA) is 46.2 Å². The summed E-state index contributed by atoms with van der Waals surface area (Å²) in [4.78, 5) is 0. The van der Waals surface area contributed by atoms with Crippen LogP contribution in [0.3, 0.4) is 0 Å². The second kappa shape index (κ2) is 8.50.